The van der Waals surface area contributed by atoms with E-state index in [1.807, 2.05) is 36.4 Å². The standard InChI is InChI=1S/C18H15N3O3/c1-24-18(23)15-12-19-21(14-10-6-3-7-11-14)16(15)20-17(22)13-8-4-2-5-9-13/h2-12H,1H3,(H,20,22). The third-order valence-electron chi connectivity index (χ3n) is 3.44. The normalized spacial score (nSPS) is 10.2. The molecule has 0 spiro atoms. The molecule has 2 aromatic carbocycles. The minimum atomic E-state index is -0.569. The van der Waals surface area contributed by atoms with E-state index in [1.165, 1.54) is 18.0 Å². The van der Waals surface area contributed by atoms with Crippen LogP contribution in [0.5, 0.6) is 0 Å². The summed E-state index contributed by atoms with van der Waals surface area (Å²) < 4.78 is 6.26. The van der Waals surface area contributed by atoms with Crippen molar-refractivity contribution in [3.63, 3.8) is 0 Å². The highest BCUT2D eigenvalue weighted by atomic mass is 16.5. The van der Waals surface area contributed by atoms with Crippen molar-refractivity contribution in [2.45, 2.75) is 0 Å². The Hall–Kier alpha value is -3.41. The largest absolute Gasteiger partial charge is 0.465 e. The van der Waals surface area contributed by atoms with Gasteiger partial charge in [-0.2, -0.15) is 5.10 Å². The first-order valence-electron chi connectivity index (χ1n) is 7.29. The summed E-state index contributed by atoms with van der Waals surface area (Å²) in [5, 5.41) is 6.95. The number of esters is 1. The lowest BCUT2D eigenvalue weighted by Gasteiger charge is -2.10. The van der Waals surface area contributed by atoms with E-state index < -0.39 is 5.97 Å². The van der Waals surface area contributed by atoms with Crippen LogP contribution < -0.4 is 5.32 Å². The number of methoxy groups -OCH3 is 1. The Kier molecular flexibility index (Phi) is 4.38. The molecule has 0 fully saturated rings. The van der Waals surface area contributed by atoms with E-state index >= 15 is 0 Å². The molecule has 3 aromatic rings. The summed E-state index contributed by atoms with van der Waals surface area (Å²) >= 11 is 0. The molecule has 0 aliphatic rings. The van der Waals surface area contributed by atoms with E-state index in [-0.39, 0.29) is 17.3 Å². The molecule has 0 atom stereocenters. The molecule has 120 valence electrons. The van der Waals surface area contributed by atoms with E-state index in [4.69, 9.17) is 4.74 Å². The van der Waals surface area contributed by atoms with Gasteiger partial charge < -0.3 is 10.1 Å². The first-order valence-corrected chi connectivity index (χ1v) is 7.29. The summed E-state index contributed by atoms with van der Waals surface area (Å²) in [6.45, 7) is 0. The minimum absolute atomic E-state index is 0.186. The summed E-state index contributed by atoms with van der Waals surface area (Å²) in [4.78, 5) is 24.4. The molecule has 1 heterocycles. The van der Waals surface area contributed by atoms with Crippen LogP contribution in [-0.4, -0.2) is 28.8 Å². The zero-order valence-corrected chi connectivity index (χ0v) is 13.0. The van der Waals surface area contributed by atoms with E-state index in [9.17, 15) is 9.59 Å². The van der Waals surface area contributed by atoms with Crippen molar-refractivity contribution in [3.05, 3.63) is 78.0 Å². The van der Waals surface area contributed by atoms with Crippen LogP contribution in [0.2, 0.25) is 0 Å². The first kappa shape index (κ1) is 15.5. The van der Waals surface area contributed by atoms with Gasteiger partial charge in [0.15, 0.2) is 5.82 Å². The molecule has 3 rings (SSSR count). The monoisotopic (exact) mass is 321 g/mol. The molecule has 0 aliphatic heterocycles. The molecule has 24 heavy (non-hydrogen) atoms. The average molecular weight is 321 g/mol. The summed E-state index contributed by atoms with van der Waals surface area (Å²) in [6.07, 6.45) is 1.37. The van der Waals surface area contributed by atoms with Gasteiger partial charge >= 0.3 is 5.97 Å². The summed E-state index contributed by atoms with van der Waals surface area (Å²) in [6, 6.07) is 18.0. The number of aromatic nitrogens is 2. The molecule has 1 N–H and O–H groups in total. The van der Waals surface area contributed by atoms with Crippen LogP contribution in [0.15, 0.2) is 66.9 Å². The number of anilines is 1. The Labute approximate surface area is 138 Å². The number of amides is 1. The lowest BCUT2D eigenvalue weighted by Crippen LogP contribution is -2.17. The number of benzene rings is 2. The van der Waals surface area contributed by atoms with Gasteiger partial charge in [-0.15, -0.1) is 0 Å². The van der Waals surface area contributed by atoms with Gasteiger partial charge in [0, 0.05) is 5.56 Å². The van der Waals surface area contributed by atoms with Crippen molar-refractivity contribution < 1.29 is 14.3 Å². The Morgan fingerprint density at radius 3 is 2.25 bits per heavy atom. The van der Waals surface area contributed by atoms with E-state index in [2.05, 4.69) is 10.4 Å². The number of nitrogens with one attached hydrogen (secondary N) is 1. The number of hydrogen-bond acceptors (Lipinski definition) is 4. The third-order valence-corrected chi connectivity index (χ3v) is 3.44. The van der Waals surface area contributed by atoms with Gasteiger partial charge in [0.2, 0.25) is 0 Å². The van der Waals surface area contributed by atoms with E-state index in [1.54, 1.807) is 24.3 Å². The maximum atomic E-state index is 12.5. The molecule has 0 aliphatic carbocycles. The molecular weight excluding hydrogens is 306 g/mol. The zero-order chi connectivity index (χ0) is 16.9. The van der Waals surface area contributed by atoms with E-state index in [0.29, 0.717) is 5.56 Å². The molecule has 0 saturated carbocycles. The summed E-state index contributed by atoms with van der Waals surface area (Å²) in [7, 11) is 1.28. The average Bonchev–Trinajstić information content (AvgIpc) is 3.06. The van der Waals surface area contributed by atoms with Crippen LogP contribution in [0.1, 0.15) is 20.7 Å². The van der Waals surface area contributed by atoms with E-state index in [0.717, 1.165) is 5.69 Å². The van der Waals surface area contributed by atoms with Gasteiger partial charge in [-0.1, -0.05) is 36.4 Å². The van der Waals surface area contributed by atoms with Crippen molar-refractivity contribution in [1.29, 1.82) is 0 Å². The second-order valence-electron chi connectivity index (χ2n) is 4.97. The quantitative estimate of drug-likeness (QED) is 0.750. The Morgan fingerprint density at radius 2 is 1.62 bits per heavy atom. The van der Waals surface area contributed by atoms with Gasteiger partial charge in [-0.3, -0.25) is 4.79 Å². The molecule has 0 saturated heterocycles. The van der Waals surface area contributed by atoms with Crippen LogP contribution in [-0.2, 0) is 4.74 Å². The van der Waals surface area contributed by atoms with Crippen molar-refractivity contribution in [1.82, 2.24) is 9.78 Å². The number of para-hydroxylation sites is 1. The lowest BCUT2D eigenvalue weighted by atomic mass is 10.2. The van der Waals surface area contributed by atoms with Gasteiger partial charge in [0.25, 0.3) is 5.91 Å². The SMILES string of the molecule is COC(=O)c1cnn(-c2ccccc2)c1NC(=O)c1ccccc1. The Morgan fingerprint density at radius 1 is 1.00 bits per heavy atom. The fraction of sp³-hybridized carbons (Fsp3) is 0.0556. The fourth-order valence-corrected chi connectivity index (χ4v) is 2.26. The van der Waals surface area contributed by atoms with Crippen molar-refractivity contribution in [3.8, 4) is 5.69 Å². The fourth-order valence-electron chi connectivity index (χ4n) is 2.26. The van der Waals surface area contributed by atoms with Gasteiger partial charge in [0.1, 0.15) is 5.56 Å². The maximum absolute atomic E-state index is 12.5. The van der Waals surface area contributed by atoms with Crippen LogP contribution in [0, 0.1) is 0 Å². The molecule has 1 aromatic heterocycles. The number of carbonyl (C=O) groups is 2. The van der Waals surface area contributed by atoms with Crippen LogP contribution >= 0.6 is 0 Å². The number of rotatable bonds is 4. The molecule has 6 heteroatoms. The molecule has 6 nitrogen and oxygen atoms in total. The topological polar surface area (TPSA) is 73.2 Å². The van der Waals surface area contributed by atoms with Gasteiger partial charge in [-0.05, 0) is 24.3 Å². The highest BCUT2D eigenvalue weighted by Gasteiger charge is 2.21. The third kappa shape index (κ3) is 3.03. The molecule has 0 bridgehead atoms. The molecule has 0 radical (unpaired) electrons. The Bertz CT molecular complexity index is 858. The van der Waals surface area contributed by atoms with Crippen LogP contribution in [0.3, 0.4) is 0 Å². The number of nitrogens with zero attached hydrogens (tertiary/aromatic N) is 2. The second-order valence-corrected chi connectivity index (χ2v) is 4.97. The van der Waals surface area contributed by atoms with Crippen molar-refractivity contribution >= 4 is 17.7 Å². The number of ether oxygens (including phenoxy) is 1. The molecule has 1 amide bonds. The summed E-state index contributed by atoms with van der Waals surface area (Å²) in [5.41, 5.74) is 1.38. The smallest absolute Gasteiger partial charge is 0.343 e. The highest BCUT2D eigenvalue weighted by molar-refractivity contribution is 6.07. The predicted molar refractivity (Wildman–Crippen MR) is 89.3 cm³/mol. The maximum Gasteiger partial charge on any atom is 0.343 e. The van der Waals surface area contributed by atoms with Gasteiger partial charge in [-0.25, -0.2) is 9.48 Å². The summed E-state index contributed by atoms with van der Waals surface area (Å²) in [5.74, 6) is -0.638. The Balaban J connectivity index is 2.02. The molecular formula is C18H15N3O3. The number of carbonyl (C=O) groups excluding carboxylic acids is 2. The number of hydrogen-bond donors (Lipinski definition) is 1. The van der Waals surface area contributed by atoms with Crippen LogP contribution in [0.4, 0.5) is 5.82 Å². The highest BCUT2D eigenvalue weighted by Crippen LogP contribution is 2.21. The zero-order valence-electron chi connectivity index (χ0n) is 13.0. The lowest BCUT2D eigenvalue weighted by molar-refractivity contribution is 0.0602. The van der Waals surface area contributed by atoms with Crippen LogP contribution in [0.25, 0.3) is 5.69 Å². The minimum Gasteiger partial charge on any atom is -0.465 e. The predicted octanol–water partition coefficient (Wildman–Crippen LogP) is 2.91. The molecule has 0 unspecified atom stereocenters. The van der Waals surface area contributed by atoms with Crippen molar-refractivity contribution in [2.75, 3.05) is 12.4 Å². The second kappa shape index (κ2) is 6.78. The van der Waals surface area contributed by atoms with Gasteiger partial charge in [0.05, 0.1) is 19.0 Å². The first-order chi connectivity index (χ1) is 11.7. The van der Waals surface area contributed by atoms with Crippen molar-refractivity contribution in [2.24, 2.45) is 0 Å².